The Kier molecular flexibility index (Phi) is 8.25. The van der Waals surface area contributed by atoms with Gasteiger partial charge in [-0.2, -0.15) is 4.31 Å². The summed E-state index contributed by atoms with van der Waals surface area (Å²) in [5.41, 5.74) is 1.04. The van der Waals surface area contributed by atoms with E-state index in [-0.39, 0.29) is 28.9 Å². The van der Waals surface area contributed by atoms with E-state index in [1.165, 1.54) is 22.5 Å². The molecule has 2 rings (SSSR count). The number of hydrogen-bond donors (Lipinski definition) is 2. The van der Waals surface area contributed by atoms with Crippen LogP contribution in [0.15, 0.2) is 47.4 Å². The van der Waals surface area contributed by atoms with Gasteiger partial charge < -0.3 is 15.2 Å². The Bertz CT molecular complexity index is 971. The Balaban J connectivity index is 2.15. The Morgan fingerprint density at radius 3 is 2.43 bits per heavy atom. The molecule has 0 saturated heterocycles. The molecule has 2 N–H and O–H groups in total. The van der Waals surface area contributed by atoms with Crippen LogP contribution in [0.4, 0.5) is 5.69 Å². The van der Waals surface area contributed by atoms with Crippen molar-refractivity contribution in [1.29, 1.82) is 0 Å². The summed E-state index contributed by atoms with van der Waals surface area (Å²) in [4.78, 5) is 12.4. The van der Waals surface area contributed by atoms with Crippen molar-refractivity contribution in [3.63, 3.8) is 0 Å². The summed E-state index contributed by atoms with van der Waals surface area (Å²) in [6, 6.07) is 11.4. The lowest BCUT2D eigenvalue weighted by molar-refractivity contribution is -0.118. The average molecular weight is 435 g/mol. The molecule has 0 unspecified atom stereocenters. The molecule has 0 aliphatic rings. The van der Waals surface area contributed by atoms with Crippen LogP contribution in [0.2, 0.25) is 0 Å². The molecule has 0 aliphatic heterocycles. The maximum Gasteiger partial charge on any atom is 0.262 e. The van der Waals surface area contributed by atoms with Crippen molar-refractivity contribution in [1.82, 2.24) is 4.31 Å². The predicted molar refractivity (Wildman–Crippen MR) is 117 cm³/mol. The minimum Gasteiger partial charge on any atom is -0.506 e. The van der Waals surface area contributed by atoms with Crippen LogP contribution >= 0.6 is 0 Å². The van der Waals surface area contributed by atoms with Gasteiger partial charge in [0.2, 0.25) is 10.0 Å². The van der Waals surface area contributed by atoms with Gasteiger partial charge in [0.25, 0.3) is 5.91 Å². The third kappa shape index (κ3) is 5.52. The smallest absolute Gasteiger partial charge is 0.262 e. The van der Waals surface area contributed by atoms with Crippen LogP contribution < -0.4 is 10.1 Å². The number of nitrogens with one attached hydrogen (secondary N) is 1. The van der Waals surface area contributed by atoms with Crippen molar-refractivity contribution in [3.05, 3.63) is 48.0 Å². The molecule has 0 heterocycles. The molecular weight excluding hydrogens is 404 g/mol. The number of benzene rings is 2. The first-order valence-electron chi connectivity index (χ1n) is 10.1. The van der Waals surface area contributed by atoms with Gasteiger partial charge in [-0.3, -0.25) is 4.79 Å². The van der Waals surface area contributed by atoms with Crippen LogP contribution in [0.25, 0.3) is 0 Å². The molecule has 0 radical (unpaired) electrons. The molecule has 0 aromatic heterocycles. The zero-order chi connectivity index (χ0) is 22.3. The Labute approximate surface area is 178 Å². The molecule has 0 saturated carbocycles. The molecular formula is C22H30N2O5S. The third-order valence-corrected chi connectivity index (χ3v) is 7.05. The average Bonchev–Trinajstić information content (AvgIpc) is 2.74. The fraction of sp³-hybridized carbons (Fsp3) is 0.409. The highest BCUT2D eigenvalue weighted by Gasteiger charge is 2.23. The first-order valence-corrected chi connectivity index (χ1v) is 11.5. The second kappa shape index (κ2) is 10.4. The Morgan fingerprint density at radius 2 is 1.80 bits per heavy atom. The van der Waals surface area contributed by atoms with Crippen molar-refractivity contribution in [2.75, 3.05) is 25.0 Å². The molecule has 0 fully saturated rings. The molecule has 1 atom stereocenters. The molecule has 0 spiro atoms. The van der Waals surface area contributed by atoms with Crippen molar-refractivity contribution in [3.8, 4) is 11.5 Å². The molecule has 164 valence electrons. The highest BCUT2D eigenvalue weighted by Crippen LogP contribution is 2.29. The fourth-order valence-electron chi connectivity index (χ4n) is 3.06. The van der Waals surface area contributed by atoms with Gasteiger partial charge in [0.05, 0.1) is 10.6 Å². The van der Waals surface area contributed by atoms with Gasteiger partial charge in [-0.25, -0.2) is 8.42 Å². The third-order valence-electron chi connectivity index (χ3n) is 5.01. The summed E-state index contributed by atoms with van der Waals surface area (Å²) < 4.78 is 32.4. The van der Waals surface area contributed by atoms with Crippen LogP contribution in [-0.4, -0.2) is 43.4 Å². The van der Waals surface area contributed by atoms with E-state index in [4.69, 9.17) is 4.74 Å². The molecule has 0 aliphatic carbocycles. The zero-order valence-electron chi connectivity index (χ0n) is 17.9. The number of para-hydroxylation sites is 1. The largest absolute Gasteiger partial charge is 0.506 e. The lowest BCUT2D eigenvalue weighted by Gasteiger charge is -2.19. The number of ether oxygens (including phenoxy) is 1. The second-order valence-corrected chi connectivity index (χ2v) is 8.89. The van der Waals surface area contributed by atoms with E-state index in [0.717, 1.165) is 12.0 Å². The number of phenols is 1. The lowest BCUT2D eigenvalue weighted by atomic mass is 9.98. The quantitative estimate of drug-likeness (QED) is 0.552. The number of carbonyl (C=O) groups is 1. The van der Waals surface area contributed by atoms with Gasteiger partial charge in [0.15, 0.2) is 6.61 Å². The highest BCUT2D eigenvalue weighted by atomic mass is 32.2. The number of amides is 1. The highest BCUT2D eigenvalue weighted by molar-refractivity contribution is 7.89. The van der Waals surface area contributed by atoms with Crippen molar-refractivity contribution < 1.29 is 23.1 Å². The molecule has 2 aromatic carbocycles. The number of sulfonamides is 1. The monoisotopic (exact) mass is 434 g/mol. The first-order chi connectivity index (χ1) is 14.2. The molecule has 0 bridgehead atoms. The second-order valence-electron chi connectivity index (χ2n) is 6.95. The van der Waals surface area contributed by atoms with Crippen LogP contribution in [0.1, 0.15) is 45.6 Å². The van der Waals surface area contributed by atoms with Gasteiger partial charge in [-0.15, -0.1) is 0 Å². The van der Waals surface area contributed by atoms with E-state index in [1.54, 1.807) is 13.8 Å². The van der Waals surface area contributed by atoms with E-state index >= 15 is 0 Å². The van der Waals surface area contributed by atoms with E-state index in [0.29, 0.717) is 18.8 Å². The zero-order valence-corrected chi connectivity index (χ0v) is 18.7. The van der Waals surface area contributed by atoms with Crippen LogP contribution in [0.3, 0.4) is 0 Å². The maximum atomic E-state index is 12.7. The number of phenolic OH excluding ortho intramolecular Hbond substituents is 1. The number of nitrogens with zero attached hydrogens (tertiary/aromatic N) is 1. The maximum absolute atomic E-state index is 12.7. The summed E-state index contributed by atoms with van der Waals surface area (Å²) in [6.45, 7) is 8.05. The predicted octanol–water partition coefficient (Wildman–Crippen LogP) is 3.95. The van der Waals surface area contributed by atoms with E-state index in [2.05, 4.69) is 19.2 Å². The first kappa shape index (κ1) is 23.7. The number of anilines is 1. The van der Waals surface area contributed by atoms with Gasteiger partial charge >= 0.3 is 0 Å². The minimum atomic E-state index is -3.71. The summed E-state index contributed by atoms with van der Waals surface area (Å²) in [5.74, 6) is 0.197. The fourth-order valence-corrected chi connectivity index (χ4v) is 4.54. The van der Waals surface area contributed by atoms with Crippen molar-refractivity contribution >= 4 is 21.6 Å². The Morgan fingerprint density at radius 1 is 1.13 bits per heavy atom. The van der Waals surface area contributed by atoms with E-state index in [1.807, 2.05) is 24.3 Å². The number of aromatic hydroxyl groups is 1. The van der Waals surface area contributed by atoms with Crippen molar-refractivity contribution in [2.45, 2.75) is 44.9 Å². The number of rotatable bonds is 10. The van der Waals surface area contributed by atoms with E-state index < -0.39 is 15.9 Å². The molecule has 8 heteroatoms. The summed E-state index contributed by atoms with van der Waals surface area (Å²) in [7, 11) is -3.71. The van der Waals surface area contributed by atoms with Gasteiger partial charge in [-0.1, -0.05) is 45.9 Å². The van der Waals surface area contributed by atoms with Gasteiger partial charge in [0, 0.05) is 13.1 Å². The van der Waals surface area contributed by atoms with Crippen LogP contribution in [-0.2, 0) is 14.8 Å². The summed E-state index contributed by atoms with van der Waals surface area (Å²) in [5, 5.41) is 12.6. The Hall–Kier alpha value is -2.58. The standard InChI is InChI=1S/C22H30N2O5S/c1-5-16(4)18-10-8-9-11-21(18)29-15-22(26)23-19-14-17(12-13-20(19)25)30(27,28)24(6-2)7-3/h8-14,16,25H,5-7,15H2,1-4H3,(H,23,26)/t16-/m1/s1. The van der Waals surface area contributed by atoms with E-state index in [9.17, 15) is 18.3 Å². The molecule has 1 amide bonds. The topological polar surface area (TPSA) is 95.9 Å². The van der Waals surface area contributed by atoms with Crippen molar-refractivity contribution in [2.24, 2.45) is 0 Å². The number of carbonyl (C=O) groups excluding carboxylic acids is 1. The van der Waals surface area contributed by atoms with Crippen LogP contribution in [0, 0.1) is 0 Å². The number of hydrogen-bond acceptors (Lipinski definition) is 5. The summed E-state index contributed by atoms with van der Waals surface area (Å²) in [6.07, 6.45) is 0.939. The molecule has 30 heavy (non-hydrogen) atoms. The van der Waals surface area contributed by atoms with Crippen LogP contribution in [0.5, 0.6) is 11.5 Å². The molecule has 2 aromatic rings. The molecule has 7 nitrogen and oxygen atoms in total. The lowest BCUT2D eigenvalue weighted by Crippen LogP contribution is -2.30. The van der Waals surface area contributed by atoms with Gasteiger partial charge in [-0.05, 0) is 42.2 Å². The SMILES string of the molecule is CC[C@@H](C)c1ccccc1OCC(=O)Nc1cc(S(=O)(=O)N(CC)CC)ccc1O. The normalized spacial score (nSPS) is 12.6. The van der Waals surface area contributed by atoms with Gasteiger partial charge in [0.1, 0.15) is 11.5 Å². The minimum absolute atomic E-state index is 0.00216. The summed E-state index contributed by atoms with van der Waals surface area (Å²) >= 11 is 0.